The minimum absolute atomic E-state index is 0. The van der Waals surface area contributed by atoms with Gasteiger partial charge in [0.2, 0.25) is 0 Å². The summed E-state index contributed by atoms with van der Waals surface area (Å²) in [6.07, 6.45) is 5.76. The first-order valence-corrected chi connectivity index (χ1v) is 16.7. The Balaban J connectivity index is 0.00000240. The van der Waals surface area contributed by atoms with Crippen LogP contribution in [-0.2, 0) is 32.3 Å². The molecule has 5 aromatic carbocycles. The molecule has 1 radical (unpaired) electrons. The van der Waals surface area contributed by atoms with Gasteiger partial charge in [-0.15, -0.1) is 0 Å². The first-order valence-electron chi connectivity index (χ1n) is 12.4. The van der Waals surface area contributed by atoms with Crippen LogP contribution in [-0.4, -0.2) is 19.8 Å². The molecular formula is C34H25HfSn. The van der Waals surface area contributed by atoms with Crippen LogP contribution in [0.1, 0.15) is 33.7 Å². The van der Waals surface area contributed by atoms with Crippen molar-refractivity contribution in [3.63, 3.8) is 0 Å². The molecule has 0 fully saturated rings. The van der Waals surface area contributed by atoms with Crippen molar-refractivity contribution in [2.45, 2.75) is 12.3 Å². The molecule has 0 spiro atoms. The van der Waals surface area contributed by atoms with Gasteiger partial charge >= 0.3 is 215 Å². The molecule has 5 aromatic rings. The van der Waals surface area contributed by atoms with Gasteiger partial charge in [0, 0.05) is 25.8 Å². The number of fused-ring (bicyclic) bond motifs is 4. The fraction of sp³-hybridized carbons (Fsp3) is 0.0588. The molecule has 0 bridgehead atoms. The molecule has 0 amide bonds. The third-order valence-corrected chi connectivity index (χ3v) is 15.9. The first-order chi connectivity index (χ1) is 17.4. The van der Waals surface area contributed by atoms with E-state index in [2.05, 4.69) is 133 Å². The van der Waals surface area contributed by atoms with Crippen molar-refractivity contribution in [3.8, 4) is 11.1 Å². The second kappa shape index (κ2) is 10.1. The number of hydrogen-bond donors (Lipinski definition) is 0. The molecule has 0 saturated heterocycles. The van der Waals surface area contributed by atoms with E-state index < -0.39 is 19.8 Å². The molecule has 2 aliphatic carbocycles. The van der Waals surface area contributed by atoms with Gasteiger partial charge in [-0.25, -0.2) is 0 Å². The average Bonchev–Trinajstić information content (AvgIpc) is 3.52. The Bertz CT molecular complexity index is 1580. The van der Waals surface area contributed by atoms with Gasteiger partial charge in [0.1, 0.15) is 0 Å². The van der Waals surface area contributed by atoms with Crippen molar-refractivity contribution in [2.24, 2.45) is 0 Å². The van der Waals surface area contributed by atoms with Gasteiger partial charge in [0.15, 0.2) is 0 Å². The zero-order chi connectivity index (χ0) is 23.2. The normalized spacial score (nSPS) is 14.8. The van der Waals surface area contributed by atoms with E-state index >= 15 is 0 Å². The largest absolute Gasteiger partial charge is 0 e. The fourth-order valence-corrected chi connectivity index (χ4v) is 14.6. The Hall–Kier alpha value is -2.49. The van der Waals surface area contributed by atoms with Gasteiger partial charge < -0.3 is 0 Å². The standard InChI is InChI=1S/C15H11.C13H9.C6H5.Hf.Sn/c1-2-6-12(7-3-1)15-11-10-13-8-4-5-9-14(13)15;1-3-7-12-10(5-1)9-11-6-2-4-8-13(11)12;1-2-4-6-5-3-1;;/h1-6,8-11,15H;1-5,7-8H,9H2;1-5H;;. The molecule has 0 aliphatic heterocycles. The van der Waals surface area contributed by atoms with Crippen molar-refractivity contribution >= 4 is 36.6 Å². The van der Waals surface area contributed by atoms with E-state index in [1.54, 1.807) is 16.3 Å². The number of allylic oxidation sites excluding steroid dienone is 1. The van der Waals surface area contributed by atoms with E-state index in [9.17, 15) is 0 Å². The molecule has 0 N–H and O–H groups in total. The maximum absolute atomic E-state index is 2.52. The summed E-state index contributed by atoms with van der Waals surface area (Å²) >= 11 is -2.52. The van der Waals surface area contributed by atoms with Gasteiger partial charge in [-0.1, -0.05) is 0 Å². The van der Waals surface area contributed by atoms with Crippen LogP contribution in [0.15, 0.2) is 127 Å². The van der Waals surface area contributed by atoms with Crippen LogP contribution in [0.25, 0.3) is 17.2 Å². The maximum Gasteiger partial charge on any atom is 0 e. The molecular weight excluding hydrogens is 706 g/mol. The summed E-state index contributed by atoms with van der Waals surface area (Å²) < 4.78 is 4.76. The van der Waals surface area contributed by atoms with Crippen LogP contribution in [0, 0.1) is 0 Å². The molecule has 2 aliphatic rings. The molecule has 0 saturated carbocycles. The van der Waals surface area contributed by atoms with Crippen molar-refractivity contribution < 1.29 is 25.8 Å². The minimum Gasteiger partial charge on any atom is 0 e. The number of hydrogen-bond acceptors (Lipinski definition) is 0. The van der Waals surface area contributed by atoms with E-state index in [1.165, 1.54) is 33.4 Å². The Kier molecular flexibility index (Phi) is 6.70. The molecule has 1 unspecified atom stereocenters. The van der Waals surface area contributed by atoms with E-state index in [1.807, 2.05) is 0 Å². The van der Waals surface area contributed by atoms with Gasteiger partial charge in [-0.05, 0) is 0 Å². The van der Waals surface area contributed by atoms with E-state index in [4.69, 9.17) is 0 Å². The predicted molar refractivity (Wildman–Crippen MR) is 150 cm³/mol. The van der Waals surface area contributed by atoms with Crippen LogP contribution in [0.2, 0.25) is 0 Å². The summed E-state index contributed by atoms with van der Waals surface area (Å²) in [5, 5.41) is 0. The molecule has 36 heavy (non-hydrogen) atoms. The Labute approximate surface area is 239 Å². The van der Waals surface area contributed by atoms with Crippen LogP contribution in [0.3, 0.4) is 0 Å². The molecule has 0 aromatic heterocycles. The van der Waals surface area contributed by atoms with Crippen LogP contribution in [0.4, 0.5) is 0 Å². The number of rotatable bonds is 4. The third kappa shape index (κ3) is 4.01. The number of benzene rings is 5. The smallest absolute Gasteiger partial charge is 0 e. The fourth-order valence-electron chi connectivity index (χ4n) is 5.97. The second-order valence-electron chi connectivity index (χ2n) is 9.46. The molecule has 0 nitrogen and oxygen atoms in total. The van der Waals surface area contributed by atoms with Crippen LogP contribution < -0.4 is 10.7 Å². The molecule has 2 heteroatoms. The van der Waals surface area contributed by atoms with Crippen molar-refractivity contribution in [3.05, 3.63) is 155 Å². The van der Waals surface area contributed by atoms with Crippen LogP contribution >= 0.6 is 0 Å². The van der Waals surface area contributed by atoms with Gasteiger partial charge in [0.05, 0.1) is 0 Å². The summed E-state index contributed by atoms with van der Waals surface area (Å²) in [6.45, 7) is 0. The Morgan fingerprint density at radius 3 is 2.11 bits per heavy atom. The summed E-state index contributed by atoms with van der Waals surface area (Å²) in [7, 11) is 0. The van der Waals surface area contributed by atoms with Crippen LogP contribution in [0.5, 0.6) is 0 Å². The second-order valence-corrected chi connectivity index (χ2v) is 16.3. The molecule has 7 rings (SSSR count). The molecule has 1 atom stereocenters. The predicted octanol–water partition coefficient (Wildman–Crippen LogP) is 5.93. The zero-order valence-electron chi connectivity index (χ0n) is 20.0. The monoisotopic (exact) mass is 733 g/mol. The SMILES string of the molecule is C1=CC(c2cccc[c]2[Sn]([c]2ccccc2)[c]2cccc3c2Cc2ccccc2-3)c2ccccc21.[Hf]. The van der Waals surface area contributed by atoms with Crippen molar-refractivity contribution in [1.82, 2.24) is 0 Å². The van der Waals surface area contributed by atoms with Crippen molar-refractivity contribution in [1.29, 1.82) is 0 Å². The van der Waals surface area contributed by atoms with E-state index in [0.717, 1.165) is 6.42 Å². The average molecular weight is 731 g/mol. The Morgan fingerprint density at radius 2 is 1.22 bits per heavy atom. The quantitative estimate of drug-likeness (QED) is 0.198. The minimum atomic E-state index is -2.52. The first kappa shape index (κ1) is 23.9. The van der Waals surface area contributed by atoms with E-state index in [0.29, 0.717) is 5.92 Å². The maximum atomic E-state index is 2.45. The van der Waals surface area contributed by atoms with Gasteiger partial charge in [-0.3, -0.25) is 0 Å². The summed E-state index contributed by atoms with van der Waals surface area (Å²) in [5.74, 6) is 0.329. The third-order valence-electron chi connectivity index (χ3n) is 7.55. The molecule has 169 valence electrons. The topological polar surface area (TPSA) is 0 Å². The summed E-state index contributed by atoms with van der Waals surface area (Å²) in [4.78, 5) is 0. The van der Waals surface area contributed by atoms with Gasteiger partial charge in [-0.2, -0.15) is 0 Å². The zero-order valence-corrected chi connectivity index (χ0v) is 26.4. The molecule has 0 heterocycles. The van der Waals surface area contributed by atoms with Crippen molar-refractivity contribution in [2.75, 3.05) is 0 Å². The van der Waals surface area contributed by atoms with E-state index in [-0.39, 0.29) is 25.8 Å². The Morgan fingerprint density at radius 1 is 0.556 bits per heavy atom. The summed E-state index contributed by atoms with van der Waals surface area (Å²) in [5.41, 5.74) is 10.2. The summed E-state index contributed by atoms with van der Waals surface area (Å²) in [6, 6.07) is 45.6. The van der Waals surface area contributed by atoms with Gasteiger partial charge in [0.25, 0.3) is 0 Å².